The van der Waals surface area contributed by atoms with Crippen molar-refractivity contribution in [2.24, 2.45) is 5.92 Å². The average Bonchev–Trinajstić information content (AvgIpc) is 2.41. The molecule has 4 nitrogen and oxygen atoms in total. The number of halogens is 5. The van der Waals surface area contributed by atoms with Crippen LogP contribution in [0.2, 0.25) is 0 Å². The largest absolute Gasteiger partial charge is 0.488 e. The van der Waals surface area contributed by atoms with Gasteiger partial charge in [-0.1, -0.05) is 29.8 Å². The Balaban J connectivity index is 2.97. The van der Waals surface area contributed by atoms with Gasteiger partial charge in [0.2, 0.25) is 0 Å². The minimum Gasteiger partial charge on any atom is -0.488 e. The lowest BCUT2D eigenvalue weighted by Crippen LogP contribution is -2.43. The summed E-state index contributed by atoms with van der Waals surface area (Å²) in [6.45, 7) is 8.49. The number of alkyl carbamates (subject to hydrolysis) is 1. The number of carbonyl (C=O) groups is 1. The SMILES string of the molecule is CC(C)C[C@@H](COc1c(F)cc(Br)cc1C(F)(F)F)NC(=O)OC(C)(C)C. The van der Waals surface area contributed by atoms with Gasteiger partial charge < -0.3 is 14.8 Å². The molecule has 0 bridgehead atoms. The highest BCUT2D eigenvalue weighted by Crippen LogP contribution is 2.39. The van der Waals surface area contributed by atoms with Crippen molar-refractivity contribution in [2.45, 2.75) is 58.9 Å². The van der Waals surface area contributed by atoms with Crippen molar-refractivity contribution in [1.29, 1.82) is 0 Å². The quantitative estimate of drug-likeness (QED) is 0.538. The standard InChI is InChI=1S/C18H24BrF4NO3/c1-10(2)6-12(24-16(25)27-17(3,4)5)9-26-15-13(18(21,22)23)7-11(19)8-14(15)20/h7-8,10,12H,6,9H2,1-5H3,(H,24,25)/t12-/m0/s1. The molecule has 1 rings (SSSR count). The molecule has 0 aliphatic heterocycles. The molecule has 0 fully saturated rings. The first kappa shape index (κ1) is 23.5. The van der Waals surface area contributed by atoms with Crippen LogP contribution in [0.25, 0.3) is 0 Å². The van der Waals surface area contributed by atoms with Crippen molar-refractivity contribution in [3.05, 3.63) is 28.0 Å². The van der Waals surface area contributed by atoms with Crippen LogP contribution in [-0.2, 0) is 10.9 Å². The van der Waals surface area contributed by atoms with Crippen LogP contribution < -0.4 is 10.1 Å². The summed E-state index contributed by atoms with van der Waals surface area (Å²) >= 11 is 2.84. The zero-order valence-electron chi connectivity index (χ0n) is 15.8. The molecule has 0 radical (unpaired) electrons. The highest BCUT2D eigenvalue weighted by atomic mass is 79.9. The fraction of sp³-hybridized carbons (Fsp3) is 0.611. The Bertz CT molecular complexity index is 657. The van der Waals surface area contributed by atoms with Crippen molar-refractivity contribution < 1.29 is 31.8 Å². The van der Waals surface area contributed by atoms with E-state index in [1.54, 1.807) is 20.8 Å². The molecule has 9 heteroatoms. The van der Waals surface area contributed by atoms with E-state index in [9.17, 15) is 22.4 Å². The highest BCUT2D eigenvalue weighted by Gasteiger charge is 2.36. The Morgan fingerprint density at radius 2 is 1.81 bits per heavy atom. The smallest absolute Gasteiger partial charge is 0.420 e. The van der Waals surface area contributed by atoms with Crippen LogP contribution in [0.4, 0.5) is 22.4 Å². The molecule has 0 unspecified atom stereocenters. The van der Waals surface area contributed by atoms with Gasteiger partial charge >= 0.3 is 12.3 Å². The number of hydrogen-bond acceptors (Lipinski definition) is 3. The molecule has 154 valence electrons. The number of alkyl halides is 3. The van der Waals surface area contributed by atoms with Crippen molar-refractivity contribution in [1.82, 2.24) is 5.32 Å². The van der Waals surface area contributed by atoms with Gasteiger partial charge in [-0.05, 0) is 45.2 Å². The molecule has 0 aliphatic rings. The minimum absolute atomic E-state index is 0.0507. The Morgan fingerprint density at radius 3 is 2.30 bits per heavy atom. The average molecular weight is 458 g/mol. The van der Waals surface area contributed by atoms with Gasteiger partial charge in [-0.25, -0.2) is 9.18 Å². The first-order chi connectivity index (χ1) is 12.2. The van der Waals surface area contributed by atoms with Crippen LogP contribution in [-0.4, -0.2) is 24.3 Å². The Kier molecular flexibility index (Phi) is 7.95. The molecule has 1 atom stereocenters. The van der Waals surface area contributed by atoms with Crippen LogP contribution in [0.15, 0.2) is 16.6 Å². The number of benzene rings is 1. The molecule has 0 spiro atoms. The fourth-order valence-corrected chi connectivity index (χ4v) is 2.74. The lowest BCUT2D eigenvalue weighted by Gasteiger charge is -2.25. The minimum atomic E-state index is -4.79. The maximum atomic E-state index is 14.1. The molecule has 0 heterocycles. The van der Waals surface area contributed by atoms with Crippen molar-refractivity contribution in [2.75, 3.05) is 6.61 Å². The van der Waals surface area contributed by atoms with Crippen LogP contribution >= 0.6 is 15.9 Å². The van der Waals surface area contributed by atoms with Gasteiger partial charge in [0.1, 0.15) is 17.8 Å². The molecule has 0 aromatic heterocycles. The summed E-state index contributed by atoms with van der Waals surface area (Å²) in [6, 6.07) is 0.990. The third-order valence-corrected chi connectivity index (χ3v) is 3.68. The molecule has 1 aromatic carbocycles. The maximum absolute atomic E-state index is 14.1. The predicted octanol–water partition coefficient (Wildman–Crippen LogP) is 5.93. The maximum Gasteiger partial charge on any atom is 0.420 e. The Morgan fingerprint density at radius 1 is 1.22 bits per heavy atom. The van der Waals surface area contributed by atoms with E-state index in [2.05, 4.69) is 21.2 Å². The van der Waals surface area contributed by atoms with E-state index >= 15 is 0 Å². The summed E-state index contributed by atoms with van der Waals surface area (Å²) < 4.78 is 63.9. The summed E-state index contributed by atoms with van der Waals surface area (Å²) in [5.74, 6) is -1.92. The van der Waals surface area contributed by atoms with E-state index in [-0.39, 0.29) is 17.0 Å². The van der Waals surface area contributed by atoms with E-state index in [1.807, 2.05) is 13.8 Å². The second-order valence-corrected chi connectivity index (χ2v) is 8.46. The zero-order valence-corrected chi connectivity index (χ0v) is 17.4. The van der Waals surface area contributed by atoms with Crippen LogP contribution in [0.1, 0.15) is 46.6 Å². The highest BCUT2D eigenvalue weighted by molar-refractivity contribution is 9.10. The summed E-state index contributed by atoms with van der Waals surface area (Å²) in [5.41, 5.74) is -1.95. The van der Waals surface area contributed by atoms with Crippen LogP contribution in [0, 0.1) is 11.7 Å². The van der Waals surface area contributed by atoms with Gasteiger partial charge in [0.25, 0.3) is 0 Å². The summed E-state index contributed by atoms with van der Waals surface area (Å²) in [6.07, 6.45) is -5.09. The van der Waals surface area contributed by atoms with Crippen LogP contribution in [0.3, 0.4) is 0 Å². The number of ether oxygens (including phenoxy) is 2. The van der Waals surface area contributed by atoms with Gasteiger partial charge in [0.15, 0.2) is 11.6 Å². The van der Waals surface area contributed by atoms with Gasteiger partial charge in [0, 0.05) is 4.47 Å². The Hall–Kier alpha value is -1.51. The normalized spacial score (nSPS) is 13.4. The molecule has 27 heavy (non-hydrogen) atoms. The number of amides is 1. The molecule has 1 aromatic rings. The van der Waals surface area contributed by atoms with Crippen molar-refractivity contribution in [3.63, 3.8) is 0 Å². The van der Waals surface area contributed by atoms with Gasteiger partial charge in [-0.15, -0.1) is 0 Å². The summed E-state index contributed by atoms with van der Waals surface area (Å²) in [7, 11) is 0. The molecule has 1 amide bonds. The molecular formula is C18H24BrF4NO3. The number of carbonyl (C=O) groups excluding carboxylic acids is 1. The fourth-order valence-electron chi connectivity index (χ4n) is 2.31. The second-order valence-electron chi connectivity index (χ2n) is 7.55. The zero-order chi connectivity index (χ0) is 21.0. The van der Waals surface area contributed by atoms with E-state index in [1.165, 1.54) is 0 Å². The molecule has 0 saturated carbocycles. The first-order valence-corrected chi connectivity index (χ1v) is 9.17. The molecule has 0 saturated heterocycles. The van der Waals surface area contributed by atoms with Crippen LogP contribution in [0.5, 0.6) is 5.75 Å². The van der Waals surface area contributed by atoms with Crippen molar-refractivity contribution >= 4 is 22.0 Å². The third-order valence-electron chi connectivity index (χ3n) is 3.22. The number of nitrogens with one attached hydrogen (secondary N) is 1. The van der Waals surface area contributed by atoms with Gasteiger partial charge in [-0.3, -0.25) is 0 Å². The number of rotatable bonds is 6. The topological polar surface area (TPSA) is 47.6 Å². The van der Waals surface area contributed by atoms with E-state index in [0.717, 1.165) is 12.1 Å². The Labute approximate surface area is 164 Å². The van der Waals surface area contributed by atoms with Gasteiger partial charge in [-0.2, -0.15) is 13.2 Å². The van der Waals surface area contributed by atoms with Gasteiger partial charge in [0.05, 0.1) is 6.04 Å². The molecule has 0 aliphatic carbocycles. The van der Waals surface area contributed by atoms with E-state index in [0.29, 0.717) is 6.42 Å². The second kappa shape index (κ2) is 9.12. The summed E-state index contributed by atoms with van der Waals surface area (Å²) in [5, 5.41) is 2.57. The molecular weight excluding hydrogens is 434 g/mol. The summed E-state index contributed by atoms with van der Waals surface area (Å²) in [4.78, 5) is 12.0. The lowest BCUT2D eigenvalue weighted by molar-refractivity contribution is -0.139. The lowest BCUT2D eigenvalue weighted by atomic mass is 10.0. The van der Waals surface area contributed by atoms with Crippen molar-refractivity contribution in [3.8, 4) is 5.75 Å². The third kappa shape index (κ3) is 8.36. The number of hydrogen-bond donors (Lipinski definition) is 1. The monoisotopic (exact) mass is 457 g/mol. The first-order valence-electron chi connectivity index (χ1n) is 8.37. The van der Waals surface area contributed by atoms with E-state index < -0.39 is 41.0 Å². The van der Waals surface area contributed by atoms with E-state index in [4.69, 9.17) is 9.47 Å². The predicted molar refractivity (Wildman–Crippen MR) is 97.2 cm³/mol. The molecule has 1 N–H and O–H groups in total.